The summed E-state index contributed by atoms with van der Waals surface area (Å²) in [6.07, 6.45) is 0. The van der Waals surface area contributed by atoms with Crippen LogP contribution in [-0.2, 0) is 0 Å². The first-order chi connectivity index (χ1) is 11.1. The van der Waals surface area contributed by atoms with Crippen molar-refractivity contribution in [3.8, 4) is 11.1 Å². The number of pyridine rings is 1. The zero-order valence-corrected chi connectivity index (χ0v) is 13.9. The second-order valence-electron chi connectivity index (χ2n) is 6.03. The maximum atomic E-state index is 6.18. The van der Waals surface area contributed by atoms with E-state index in [2.05, 4.69) is 62.4 Å². The number of rotatable bonds is 1. The predicted molar refractivity (Wildman–Crippen MR) is 99.2 cm³/mol. The summed E-state index contributed by atoms with van der Waals surface area (Å²) < 4.78 is 0. The van der Waals surface area contributed by atoms with Gasteiger partial charge in [0.25, 0.3) is 0 Å². The fraction of sp³-hybridized carbons (Fsp3) is 0.0952. The van der Waals surface area contributed by atoms with Crippen molar-refractivity contribution < 1.29 is 0 Å². The SMILES string of the molecule is Cc1ccc(-c2c3ccc(C)cc3nc3cc(Cl)ccc23)cc1. The van der Waals surface area contributed by atoms with Crippen molar-refractivity contribution in [1.82, 2.24) is 4.98 Å². The molecule has 0 unspecified atom stereocenters. The molecule has 0 aliphatic carbocycles. The van der Waals surface area contributed by atoms with Crippen LogP contribution in [0.2, 0.25) is 5.02 Å². The van der Waals surface area contributed by atoms with Crippen LogP contribution in [0, 0.1) is 13.8 Å². The van der Waals surface area contributed by atoms with E-state index in [1.807, 2.05) is 12.1 Å². The lowest BCUT2D eigenvalue weighted by Crippen LogP contribution is -1.90. The van der Waals surface area contributed by atoms with Crippen molar-refractivity contribution >= 4 is 33.4 Å². The van der Waals surface area contributed by atoms with Gasteiger partial charge in [-0.1, -0.05) is 59.6 Å². The molecule has 0 radical (unpaired) electrons. The third kappa shape index (κ3) is 2.47. The molecule has 1 nitrogen and oxygen atoms in total. The zero-order chi connectivity index (χ0) is 16.0. The molecular formula is C21H16ClN. The lowest BCUT2D eigenvalue weighted by Gasteiger charge is -2.12. The first kappa shape index (κ1) is 14.2. The minimum atomic E-state index is 0.715. The molecule has 0 amide bonds. The van der Waals surface area contributed by atoms with E-state index in [-0.39, 0.29) is 0 Å². The molecule has 2 heteroatoms. The summed E-state index contributed by atoms with van der Waals surface area (Å²) in [6, 6.07) is 21.0. The van der Waals surface area contributed by atoms with Crippen LogP contribution in [-0.4, -0.2) is 4.98 Å². The summed E-state index contributed by atoms with van der Waals surface area (Å²) in [4.78, 5) is 4.82. The number of fused-ring (bicyclic) bond motifs is 2. The Kier molecular flexibility index (Phi) is 3.32. The molecule has 3 aromatic carbocycles. The molecule has 0 aliphatic rings. The van der Waals surface area contributed by atoms with Crippen LogP contribution < -0.4 is 0 Å². The predicted octanol–water partition coefficient (Wildman–Crippen LogP) is 6.33. The third-order valence-electron chi connectivity index (χ3n) is 4.23. The van der Waals surface area contributed by atoms with E-state index in [0.29, 0.717) is 5.02 Å². The lowest BCUT2D eigenvalue weighted by molar-refractivity contribution is 1.44. The molecule has 0 bridgehead atoms. The van der Waals surface area contributed by atoms with Crippen molar-refractivity contribution in [2.75, 3.05) is 0 Å². The van der Waals surface area contributed by atoms with Crippen LogP contribution in [0.25, 0.3) is 32.9 Å². The number of aromatic nitrogens is 1. The van der Waals surface area contributed by atoms with E-state index in [1.165, 1.54) is 27.6 Å². The number of benzene rings is 3. The Morgan fingerprint density at radius 2 is 1.30 bits per heavy atom. The highest BCUT2D eigenvalue weighted by molar-refractivity contribution is 6.31. The molecule has 0 N–H and O–H groups in total. The molecule has 0 saturated heterocycles. The van der Waals surface area contributed by atoms with Crippen LogP contribution in [0.15, 0.2) is 60.7 Å². The lowest BCUT2D eigenvalue weighted by atomic mass is 9.95. The highest BCUT2D eigenvalue weighted by Gasteiger charge is 2.11. The first-order valence-corrected chi connectivity index (χ1v) is 8.06. The first-order valence-electron chi connectivity index (χ1n) is 7.68. The standard InChI is InChI=1S/C21H16ClN/c1-13-3-6-15(7-4-13)21-17-9-5-14(2)11-19(17)23-20-12-16(22)8-10-18(20)21/h3-12H,1-2H3. The number of hydrogen-bond donors (Lipinski definition) is 0. The monoisotopic (exact) mass is 317 g/mol. The maximum absolute atomic E-state index is 6.18. The van der Waals surface area contributed by atoms with Crippen molar-refractivity contribution in [2.24, 2.45) is 0 Å². The molecule has 1 heterocycles. The Balaban J connectivity index is 2.18. The maximum Gasteiger partial charge on any atom is 0.0730 e. The van der Waals surface area contributed by atoms with Gasteiger partial charge in [0.15, 0.2) is 0 Å². The average Bonchev–Trinajstić information content (AvgIpc) is 2.53. The molecule has 4 rings (SSSR count). The number of nitrogens with zero attached hydrogens (tertiary/aromatic N) is 1. The molecular weight excluding hydrogens is 302 g/mol. The Bertz CT molecular complexity index is 973. The summed E-state index contributed by atoms with van der Waals surface area (Å²) in [5.41, 5.74) is 6.85. The van der Waals surface area contributed by atoms with Gasteiger partial charge in [-0.3, -0.25) is 0 Å². The zero-order valence-electron chi connectivity index (χ0n) is 13.1. The van der Waals surface area contributed by atoms with Gasteiger partial charge in [0, 0.05) is 21.4 Å². The smallest absolute Gasteiger partial charge is 0.0730 e. The fourth-order valence-corrected chi connectivity index (χ4v) is 3.23. The average molecular weight is 318 g/mol. The fourth-order valence-electron chi connectivity index (χ4n) is 3.06. The van der Waals surface area contributed by atoms with E-state index in [4.69, 9.17) is 16.6 Å². The van der Waals surface area contributed by atoms with Gasteiger partial charge in [-0.2, -0.15) is 0 Å². The molecule has 0 fully saturated rings. The molecule has 1 aromatic heterocycles. The van der Waals surface area contributed by atoms with Gasteiger partial charge in [0.1, 0.15) is 0 Å². The Labute approximate surface area is 140 Å². The van der Waals surface area contributed by atoms with E-state index in [1.54, 1.807) is 0 Å². The van der Waals surface area contributed by atoms with Crippen molar-refractivity contribution in [3.63, 3.8) is 0 Å². The van der Waals surface area contributed by atoms with E-state index < -0.39 is 0 Å². The van der Waals surface area contributed by atoms with Crippen LogP contribution >= 0.6 is 11.6 Å². The van der Waals surface area contributed by atoms with Gasteiger partial charge in [-0.05, 0) is 43.2 Å². The summed E-state index contributed by atoms with van der Waals surface area (Å²) in [5.74, 6) is 0. The molecule has 112 valence electrons. The Morgan fingerprint density at radius 3 is 2.04 bits per heavy atom. The largest absolute Gasteiger partial charge is 0.248 e. The second kappa shape index (κ2) is 5.36. The van der Waals surface area contributed by atoms with E-state index in [0.717, 1.165) is 16.4 Å². The van der Waals surface area contributed by atoms with Gasteiger partial charge >= 0.3 is 0 Å². The van der Waals surface area contributed by atoms with Crippen molar-refractivity contribution in [2.45, 2.75) is 13.8 Å². The molecule has 0 spiro atoms. The minimum Gasteiger partial charge on any atom is -0.248 e. The van der Waals surface area contributed by atoms with E-state index >= 15 is 0 Å². The summed E-state index contributed by atoms with van der Waals surface area (Å²) in [6.45, 7) is 4.20. The molecule has 0 atom stereocenters. The molecule has 0 saturated carbocycles. The van der Waals surface area contributed by atoms with Crippen LogP contribution in [0.3, 0.4) is 0 Å². The normalized spacial score (nSPS) is 11.3. The highest BCUT2D eigenvalue weighted by atomic mass is 35.5. The van der Waals surface area contributed by atoms with Crippen molar-refractivity contribution in [3.05, 3.63) is 76.8 Å². The summed E-state index contributed by atoms with van der Waals surface area (Å²) in [7, 11) is 0. The Morgan fingerprint density at radius 1 is 0.696 bits per heavy atom. The second-order valence-corrected chi connectivity index (χ2v) is 6.47. The summed E-state index contributed by atoms with van der Waals surface area (Å²) in [5, 5.41) is 3.02. The number of aryl methyl sites for hydroxylation is 2. The molecule has 4 aromatic rings. The third-order valence-corrected chi connectivity index (χ3v) is 4.47. The number of hydrogen-bond acceptors (Lipinski definition) is 1. The van der Waals surface area contributed by atoms with Gasteiger partial charge in [0.05, 0.1) is 11.0 Å². The Hall–Kier alpha value is -2.38. The van der Waals surface area contributed by atoms with Gasteiger partial charge in [-0.15, -0.1) is 0 Å². The molecule has 23 heavy (non-hydrogen) atoms. The van der Waals surface area contributed by atoms with Gasteiger partial charge in [-0.25, -0.2) is 4.98 Å². The van der Waals surface area contributed by atoms with Crippen LogP contribution in [0.4, 0.5) is 0 Å². The van der Waals surface area contributed by atoms with Crippen LogP contribution in [0.5, 0.6) is 0 Å². The van der Waals surface area contributed by atoms with E-state index in [9.17, 15) is 0 Å². The summed E-state index contributed by atoms with van der Waals surface area (Å²) >= 11 is 6.18. The van der Waals surface area contributed by atoms with Gasteiger partial charge < -0.3 is 0 Å². The van der Waals surface area contributed by atoms with Gasteiger partial charge in [0.2, 0.25) is 0 Å². The van der Waals surface area contributed by atoms with Crippen LogP contribution in [0.1, 0.15) is 11.1 Å². The van der Waals surface area contributed by atoms with Crippen molar-refractivity contribution in [1.29, 1.82) is 0 Å². The number of halogens is 1. The minimum absolute atomic E-state index is 0.715. The topological polar surface area (TPSA) is 12.9 Å². The molecule has 0 aliphatic heterocycles. The quantitative estimate of drug-likeness (QED) is 0.374. The highest BCUT2D eigenvalue weighted by Crippen LogP contribution is 2.36.